The second kappa shape index (κ2) is 7.02. The van der Waals surface area contributed by atoms with Crippen LogP contribution in [0.1, 0.15) is 15.9 Å². The third kappa shape index (κ3) is 3.01. The molecule has 0 fully saturated rings. The van der Waals surface area contributed by atoms with Crippen molar-refractivity contribution in [2.45, 2.75) is 6.42 Å². The molecule has 0 bridgehead atoms. The SMILES string of the molecule is COC(=O)c1ccc2nc(-c3ccccc3)c(N3CCc4ccccc43)nc2c1. The highest BCUT2D eigenvalue weighted by atomic mass is 16.5. The number of nitrogens with zero attached hydrogens (tertiary/aromatic N) is 3. The summed E-state index contributed by atoms with van der Waals surface area (Å²) in [6.07, 6.45) is 0.965. The molecule has 142 valence electrons. The highest BCUT2D eigenvalue weighted by Gasteiger charge is 2.25. The summed E-state index contributed by atoms with van der Waals surface area (Å²) in [5.74, 6) is 0.421. The Balaban J connectivity index is 1.74. The number of rotatable bonds is 3. The zero-order chi connectivity index (χ0) is 19.8. The van der Waals surface area contributed by atoms with Gasteiger partial charge in [0, 0.05) is 17.8 Å². The first kappa shape index (κ1) is 17.4. The van der Waals surface area contributed by atoms with Gasteiger partial charge in [-0.25, -0.2) is 14.8 Å². The molecule has 5 nitrogen and oxygen atoms in total. The van der Waals surface area contributed by atoms with Crippen molar-refractivity contribution in [2.75, 3.05) is 18.6 Å². The molecule has 4 aromatic rings. The molecule has 0 spiro atoms. The summed E-state index contributed by atoms with van der Waals surface area (Å²) in [4.78, 5) is 24.1. The van der Waals surface area contributed by atoms with E-state index in [1.807, 2.05) is 42.5 Å². The van der Waals surface area contributed by atoms with Gasteiger partial charge in [-0.2, -0.15) is 0 Å². The van der Waals surface area contributed by atoms with E-state index in [-0.39, 0.29) is 5.97 Å². The maximum absolute atomic E-state index is 12.0. The van der Waals surface area contributed by atoms with E-state index in [2.05, 4.69) is 23.1 Å². The van der Waals surface area contributed by atoms with Crippen LogP contribution in [0.4, 0.5) is 11.5 Å². The number of carbonyl (C=O) groups is 1. The number of para-hydroxylation sites is 1. The van der Waals surface area contributed by atoms with Crippen LogP contribution in [0.5, 0.6) is 0 Å². The maximum atomic E-state index is 12.0. The van der Waals surface area contributed by atoms with Crippen LogP contribution in [0, 0.1) is 0 Å². The van der Waals surface area contributed by atoms with E-state index in [1.54, 1.807) is 12.1 Å². The molecule has 0 saturated heterocycles. The average Bonchev–Trinajstić information content (AvgIpc) is 3.22. The van der Waals surface area contributed by atoms with Gasteiger partial charge in [-0.15, -0.1) is 0 Å². The van der Waals surface area contributed by atoms with Crippen LogP contribution < -0.4 is 4.90 Å². The molecule has 1 aliphatic heterocycles. The van der Waals surface area contributed by atoms with Crippen molar-refractivity contribution in [2.24, 2.45) is 0 Å². The van der Waals surface area contributed by atoms with Gasteiger partial charge in [0.15, 0.2) is 5.82 Å². The number of aromatic nitrogens is 2. The Hall–Kier alpha value is -3.73. The van der Waals surface area contributed by atoms with Gasteiger partial charge in [0.25, 0.3) is 0 Å². The van der Waals surface area contributed by atoms with Crippen molar-refractivity contribution in [3.05, 3.63) is 83.9 Å². The van der Waals surface area contributed by atoms with E-state index >= 15 is 0 Å². The minimum atomic E-state index is -0.381. The quantitative estimate of drug-likeness (QED) is 0.478. The normalized spacial score (nSPS) is 12.8. The van der Waals surface area contributed by atoms with Crippen LogP contribution in [-0.2, 0) is 11.2 Å². The van der Waals surface area contributed by atoms with Crippen LogP contribution in [0.2, 0.25) is 0 Å². The summed E-state index contributed by atoms with van der Waals surface area (Å²) >= 11 is 0. The fourth-order valence-electron chi connectivity index (χ4n) is 3.83. The molecule has 0 amide bonds. The summed E-state index contributed by atoms with van der Waals surface area (Å²) < 4.78 is 4.86. The third-order valence-corrected chi connectivity index (χ3v) is 5.26. The van der Waals surface area contributed by atoms with E-state index in [9.17, 15) is 4.79 Å². The number of hydrogen-bond donors (Lipinski definition) is 0. The Morgan fingerprint density at radius 1 is 0.931 bits per heavy atom. The highest BCUT2D eigenvalue weighted by molar-refractivity contribution is 5.95. The molecule has 5 rings (SSSR count). The Bertz CT molecular complexity index is 1220. The highest BCUT2D eigenvalue weighted by Crippen LogP contribution is 2.38. The molecule has 0 unspecified atom stereocenters. The first-order valence-electron chi connectivity index (χ1n) is 9.55. The molecule has 0 radical (unpaired) electrons. The van der Waals surface area contributed by atoms with Gasteiger partial charge in [0.2, 0.25) is 0 Å². The summed E-state index contributed by atoms with van der Waals surface area (Å²) in [5.41, 5.74) is 6.19. The summed E-state index contributed by atoms with van der Waals surface area (Å²) in [6, 6.07) is 23.8. The Labute approximate surface area is 168 Å². The predicted octanol–water partition coefficient (Wildman–Crippen LogP) is 4.78. The minimum Gasteiger partial charge on any atom is -0.465 e. The fraction of sp³-hybridized carbons (Fsp3) is 0.125. The zero-order valence-electron chi connectivity index (χ0n) is 16.0. The standard InChI is InChI=1S/C24H19N3O2/c1-29-24(28)18-11-12-19-20(15-18)26-23(22(25-19)17-8-3-2-4-9-17)27-14-13-16-7-5-6-10-21(16)27/h2-12,15H,13-14H2,1H3. The lowest BCUT2D eigenvalue weighted by Crippen LogP contribution is -2.17. The molecule has 0 aliphatic carbocycles. The van der Waals surface area contributed by atoms with E-state index in [4.69, 9.17) is 14.7 Å². The van der Waals surface area contributed by atoms with Crippen LogP contribution in [0.15, 0.2) is 72.8 Å². The first-order chi connectivity index (χ1) is 14.2. The van der Waals surface area contributed by atoms with Crippen molar-refractivity contribution in [3.63, 3.8) is 0 Å². The molecular formula is C24H19N3O2. The fourth-order valence-corrected chi connectivity index (χ4v) is 3.83. The second-order valence-electron chi connectivity index (χ2n) is 6.99. The summed E-state index contributed by atoms with van der Waals surface area (Å²) in [6.45, 7) is 0.843. The minimum absolute atomic E-state index is 0.381. The largest absolute Gasteiger partial charge is 0.465 e. The van der Waals surface area contributed by atoms with Crippen molar-refractivity contribution < 1.29 is 9.53 Å². The molecule has 1 aromatic heterocycles. The predicted molar refractivity (Wildman–Crippen MR) is 113 cm³/mol. The Morgan fingerprint density at radius 2 is 1.72 bits per heavy atom. The average molecular weight is 381 g/mol. The van der Waals surface area contributed by atoms with Crippen molar-refractivity contribution in [3.8, 4) is 11.3 Å². The van der Waals surface area contributed by atoms with Gasteiger partial charge in [-0.1, -0.05) is 48.5 Å². The Morgan fingerprint density at radius 3 is 2.55 bits per heavy atom. The lowest BCUT2D eigenvalue weighted by molar-refractivity contribution is 0.0601. The van der Waals surface area contributed by atoms with Gasteiger partial charge < -0.3 is 9.64 Å². The number of benzene rings is 3. The van der Waals surface area contributed by atoms with Gasteiger partial charge in [-0.05, 0) is 36.2 Å². The third-order valence-electron chi connectivity index (χ3n) is 5.26. The molecule has 0 N–H and O–H groups in total. The maximum Gasteiger partial charge on any atom is 0.337 e. The van der Waals surface area contributed by atoms with Gasteiger partial charge in [0.1, 0.15) is 5.69 Å². The molecule has 3 aromatic carbocycles. The molecule has 0 saturated carbocycles. The number of ether oxygens (including phenoxy) is 1. The number of fused-ring (bicyclic) bond motifs is 2. The van der Waals surface area contributed by atoms with E-state index in [1.165, 1.54) is 12.7 Å². The summed E-state index contributed by atoms with van der Waals surface area (Å²) in [7, 11) is 1.38. The lowest BCUT2D eigenvalue weighted by atomic mass is 10.1. The smallest absolute Gasteiger partial charge is 0.337 e. The van der Waals surface area contributed by atoms with Crippen molar-refractivity contribution >= 4 is 28.5 Å². The van der Waals surface area contributed by atoms with Gasteiger partial charge in [-0.3, -0.25) is 0 Å². The monoisotopic (exact) mass is 381 g/mol. The lowest BCUT2D eigenvalue weighted by Gasteiger charge is -2.22. The number of hydrogen-bond acceptors (Lipinski definition) is 5. The second-order valence-corrected chi connectivity index (χ2v) is 6.99. The van der Waals surface area contributed by atoms with Gasteiger partial charge >= 0.3 is 5.97 Å². The van der Waals surface area contributed by atoms with Gasteiger partial charge in [0.05, 0.1) is 23.7 Å². The number of anilines is 2. The molecule has 5 heteroatoms. The molecule has 1 aliphatic rings. The van der Waals surface area contributed by atoms with E-state index < -0.39 is 0 Å². The molecule has 29 heavy (non-hydrogen) atoms. The van der Waals surface area contributed by atoms with Crippen LogP contribution in [-0.4, -0.2) is 29.6 Å². The zero-order valence-corrected chi connectivity index (χ0v) is 16.0. The van der Waals surface area contributed by atoms with Crippen molar-refractivity contribution in [1.82, 2.24) is 9.97 Å². The van der Waals surface area contributed by atoms with Crippen LogP contribution in [0.25, 0.3) is 22.3 Å². The Kier molecular flexibility index (Phi) is 4.21. The van der Waals surface area contributed by atoms with Crippen molar-refractivity contribution in [1.29, 1.82) is 0 Å². The van der Waals surface area contributed by atoms with Crippen LogP contribution in [0.3, 0.4) is 0 Å². The number of carbonyl (C=O) groups excluding carboxylic acids is 1. The van der Waals surface area contributed by atoms with Crippen LogP contribution >= 0.6 is 0 Å². The summed E-state index contributed by atoms with van der Waals surface area (Å²) in [5, 5.41) is 0. The number of methoxy groups -OCH3 is 1. The molecule has 2 heterocycles. The first-order valence-corrected chi connectivity index (χ1v) is 9.55. The molecular weight excluding hydrogens is 362 g/mol. The number of esters is 1. The molecule has 0 atom stereocenters. The van der Waals surface area contributed by atoms with E-state index in [0.29, 0.717) is 11.1 Å². The topological polar surface area (TPSA) is 55.3 Å². The van der Waals surface area contributed by atoms with E-state index in [0.717, 1.165) is 41.2 Å².